The number of ketones is 1. The van der Waals surface area contributed by atoms with Gasteiger partial charge >= 0.3 is 0 Å². The molecule has 0 radical (unpaired) electrons. The maximum atomic E-state index is 13.0. The number of fused-ring (bicyclic) bond motifs is 1. The molecule has 0 aliphatic rings. The van der Waals surface area contributed by atoms with E-state index in [1.165, 1.54) is 58.7 Å². The lowest BCUT2D eigenvalue weighted by Crippen LogP contribution is -2.14. The zero-order chi connectivity index (χ0) is 21.1. The topological polar surface area (TPSA) is 72.0 Å². The number of rotatable bonds is 7. The second-order valence-corrected chi connectivity index (χ2v) is 9.65. The number of carbonyl (C=O) groups excluding carboxylic acids is 2. The van der Waals surface area contributed by atoms with Crippen molar-refractivity contribution in [1.29, 1.82) is 0 Å². The first-order valence-electron chi connectivity index (χ1n) is 8.99. The Kier molecular flexibility index (Phi) is 6.21. The van der Waals surface area contributed by atoms with Gasteiger partial charge in [-0.15, -0.1) is 11.3 Å². The summed E-state index contributed by atoms with van der Waals surface area (Å²) in [6, 6.07) is 11.4. The van der Waals surface area contributed by atoms with E-state index in [9.17, 15) is 14.0 Å². The SMILES string of the molecule is Cc1ccc2nc(NC(=O)Cc3csc(SCC(=O)c4ccc(F)cc4)n3)sc2c1. The smallest absolute Gasteiger partial charge is 0.232 e. The lowest BCUT2D eigenvalue weighted by Gasteiger charge is -2.00. The number of aromatic nitrogens is 2. The second kappa shape index (κ2) is 9.03. The summed E-state index contributed by atoms with van der Waals surface area (Å²) in [5, 5.41) is 5.20. The molecule has 30 heavy (non-hydrogen) atoms. The molecule has 4 aromatic rings. The Balaban J connectivity index is 1.31. The number of aryl methyl sites for hydroxylation is 1. The number of carbonyl (C=O) groups is 2. The zero-order valence-corrected chi connectivity index (χ0v) is 18.3. The van der Waals surface area contributed by atoms with Crippen molar-refractivity contribution in [1.82, 2.24) is 9.97 Å². The molecular formula is C21H16FN3O2S3. The maximum Gasteiger partial charge on any atom is 0.232 e. The largest absolute Gasteiger partial charge is 0.302 e. The van der Waals surface area contributed by atoms with Crippen LogP contribution < -0.4 is 5.32 Å². The van der Waals surface area contributed by atoms with E-state index >= 15 is 0 Å². The van der Waals surface area contributed by atoms with Crippen LogP contribution >= 0.6 is 34.4 Å². The molecule has 0 bridgehead atoms. The predicted octanol–water partition coefficient (Wildman–Crippen LogP) is 5.36. The monoisotopic (exact) mass is 457 g/mol. The van der Waals surface area contributed by atoms with E-state index in [4.69, 9.17) is 0 Å². The Morgan fingerprint density at radius 1 is 1.13 bits per heavy atom. The Bertz CT molecular complexity index is 1220. The van der Waals surface area contributed by atoms with Crippen LogP contribution in [-0.2, 0) is 11.2 Å². The van der Waals surface area contributed by atoms with E-state index in [1.807, 2.05) is 30.5 Å². The first-order chi connectivity index (χ1) is 14.5. The number of nitrogens with one attached hydrogen (secondary N) is 1. The van der Waals surface area contributed by atoms with Gasteiger partial charge in [-0.2, -0.15) is 0 Å². The van der Waals surface area contributed by atoms with Crippen LogP contribution in [0.2, 0.25) is 0 Å². The van der Waals surface area contributed by atoms with Crippen molar-refractivity contribution >= 4 is 61.5 Å². The molecule has 152 valence electrons. The van der Waals surface area contributed by atoms with E-state index in [0.717, 1.165) is 15.8 Å². The summed E-state index contributed by atoms with van der Waals surface area (Å²) in [6.07, 6.45) is 0.137. The molecule has 0 saturated heterocycles. The Hall–Kier alpha value is -2.62. The predicted molar refractivity (Wildman–Crippen MR) is 120 cm³/mol. The first-order valence-corrected chi connectivity index (χ1v) is 11.7. The van der Waals surface area contributed by atoms with Crippen LogP contribution in [0.4, 0.5) is 9.52 Å². The number of hydrogen-bond acceptors (Lipinski definition) is 7. The quantitative estimate of drug-likeness (QED) is 0.299. The van der Waals surface area contributed by atoms with Gasteiger partial charge in [-0.3, -0.25) is 9.59 Å². The van der Waals surface area contributed by atoms with Gasteiger partial charge in [0.2, 0.25) is 5.91 Å². The minimum atomic E-state index is -0.372. The van der Waals surface area contributed by atoms with Crippen LogP contribution in [0.15, 0.2) is 52.2 Å². The molecule has 9 heteroatoms. The summed E-state index contributed by atoms with van der Waals surface area (Å²) in [6.45, 7) is 2.02. The van der Waals surface area contributed by atoms with Gasteiger partial charge in [0.05, 0.1) is 28.1 Å². The Morgan fingerprint density at radius 3 is 2.73 bits per heavy atom. The van der Waals surface area contributed by atoms with E-state index in [2.05, 4.69) is 15.3 Å². The fourth-order valence-electron chi connectivity index (χ4n) is 2.70. The third-order valence-corrected chi connectivity index (χ3v) is 7.16. The highest BCUT2D eigenvalue weighted by Crippen LogP contribution is 2.27. The van der Waals surface area contributed by atoms with Crippen LogP contribution in [0.3, 0.4) is 0 Å². The van der Waals surface area contributed by atoms with Crippen molar-refractivity contribution in [2.75, 3.05) is 11.1 Å². The molecule has 0 spiro atoms. The van der Waals surface area contributed by atoms with Crippen molar-refractivity contribution in [3.05, 3.63) is 70.5 Å². The highest BCUT2D eigenvalue weighted by atomic mass is 32.2. The summed E-state index contributed by atoms with van der Waals surface area (Å²) in [7, 11) is 0. The van der Waals surface area contributed by atoms with Gasteiger partial charge in [0, 0.05) is 10.9 Å². The molecule has 2 aromatic heterocycles. The number of halogens is 1. The normalized spacial score (nSPS) is 11.0. The van der Waals surface area contributed by atoms with Crippen molar-refractivity contribution in [3.8, 4) is 0 Å². The molecule has 5 nitrogen and oxygen atoms in total. The summed E-state index contributed by atoms with van der Waals surface area (Å²) >= 11 is 4.14. The summed E-state index contributed by atoms with van der Waals surface area (Å²) < 4.78 is 14.7. The summed E-state index contributed by atoms with van der Waals surface area (Å²) in [4.78, 5) is 33.4. The van der Waals surface area contributed by atoms with Crippen LogP contribution in [0.1, 0.15) is 21.6 Å². The lowest BCUT2D eigenvalue weighted by atomic mass is 10.1. The fraction of sp³-hybridized carbons (Fsp3) is 0.143. The number of hydrogen-bond donors (Lipinski definition) is 1. The molecule has 0 atom stereocenters. The minimum Gasteiger partial charge on any atom is -0.302 e. The number of thiazole rings is 2. The first kappa shape index (κ1) is 20.6. The lowest BCUT2D eigenvalue weighted by molar-refractivity contribution is -0.115. The van der Waals surface area contributed by atoms with E-state index in [-0.39, 0.29) is 29.7 Å². The molecule has 4 rings (SSSR count). The van der Waals surface area contributed by atoms with E-state index in [0.29, 0.717) is 20.7 Å². The van der Waals surface area contributed by atoms with Gasteiger partial charge in [0.15, 0.2) is 15.3 Å². The number of nitrogens with zero attached hydrogens (tertiary/aromatic N) is 2. The van der Waals surface area contributed by atoms with E-state index < -0.39 is 0 Å². The molecule has 1 amide bonds. The molecule has 0 saturated carbocycles. The van der Waals surface area contributed by atoms with Crippen molar-refractivity contribution in [2.24, 2.45) is 0 Å². The zero-order valence-electron chi connectivity index (χ0n) is 15.8. The second-order valence-electron chi connectivity index (χ2n) is 6.54. The number of benzene rings is 2. The molecule has 2 heterocycles. The van der Waals surface area contributed by atoms with Crippen LogP contribution in [0.25, 0.3) is 10.2 Å². The average molecular weight is 458 g/mol. The van der Waals surface area contributed by atoms with Gasteiger partial charge in [-0.1, -0.05) is 29.2 Å². The number of thioether (sulfide) groups is 1. The molecule has 1 N–H and O–H groups in total. The molecule has 0 aliphatic heterocycles. The Labute approximate surface area is 184 Å². The van der Waals surface area contributed by atoms with Crippen molar-refractivity contribution in [2.45, 2.75) is 17.7 Å². The van der Waals surface area contributed by atoms with Gasteiger partial charge in [0.25, 0.3) is 0 Å². The average Bonchev–Trinajstić information content (AvgIpc) is 3.32. The van der Waals surface area contributed by atoms with Gasteiger partial charge in [-0.25, -0.2) is 14.4 Å². The molecule has 0 fully saturated rings. The molecule has 0 aliphatic carbocycles. The molecule has 2 aromatic carbocycles. The fourth-order valence-corrected chi connectivity index (χ4v) is 5.41. The van der Waals surface area contributed by atoms with Crippen LogP contribution in [0, 0.1) is 12.7 Å². The Morgan fingerprint density at radius 2 is 1.93 bits per heavy atom. The number of Topliss-reactive ketones (excluding diaryl/α,β-unsaturated/α-hetero) is 1. The highest BCUT2D eigenvalue weighted by Gasteiger charge is 2.13. The number of anilines is 1. The third kappa shape index (κ3) is 5.10. The van der Waals surface area contributed by atoms with Crippen molar-refractivity contribution < 1.29 is 14.0 Å². The van der Waals surface area contributed by atoms with Crippen LogP contribution in [0.5, 0.6) is 0 Å². The maximum absolute atomic E-state index is 13.0. The highest BCUT2D eigenvalue weighted by molar-refractivity contribution is 8.01. The van der Waals surface area contributed by atoms with Gasteiger partial charge < -0.3 is 5.32 Å². The minimum absolute atomic E-state index is 0.0967. The third-order valence-electron chi connectivity index (χ3n) is 4.16. The molecule has 0 unspecified atom stereocenters. The summed E-state index contributed by atoms with van der Waals surface area (Å²) in [5.41, 5.74) is 3.12. The van der Waals surface area contributed by atoms with Gasteiger partial charge in [-0.05, 0) is 48.9 Å². The number of amides is 1. The van der Waals surface area contributed by atoms with Gasteiger partial charge in [0.1, 0.15) is 5.82 Å². The standard InChI is InChI=1S/C21H16FN3O2S3/c1-12-2-7-16-18(8-12)30-20(24-16)25-19(27)9-15-10-28-21(23-15)29-11-17(26)13-3-5-14(22)6-4-13/h2-8,10H,9,11H2,1H3,(H,24,25,27). The van der Waals surface area contributed by atoms with Crippen LogP contribution in [-0.4, -0.2) is 27.4 Å². The van der Waals surface area contributed by atoms with E-state index in [1.54, 1.807) is 0 Å². The van der Waals surface area contributed by atoms with Crippen molar-refractivity contribution in [3.63, 3.8) is 0 Å². The molecular weight excluding hydrogens is 441 g/mol. The summed E-state index contributed by atoms with van der Waals surface area (Å²) in [5.74, 6) is -0.450.